The number of aryl methyl sites for hydroxylation is 1. The summed E-state index contributed by atoms with van der Waals surface area (Å²) >= 11 is 0. The summed E-state index contributed by atoms with van der Waals surface area (Å²) in [5.74, 6) is 0.589. The van der Waals surface area contributed by atoms with Gasteiger partial charge in [-0.05, 0) is 55.5 Å². The van der Waals surface area contributed by atoms with Crippen LogP contribution in [-0.2, 0) is 4.79 Å². The first kappa shape index (κ1) is 16.4. The molecule has 2 N–H and O–H groups in total. The highest BCUT2D eigenvalue weighted by atomic mass is 16.5. The summed E-state index contributed by atoms with van der Waals surface area (Å²) in [6.07, 6.45) is 0. The van der Waals surface area contributed by atoms with Crippen molar-refractivity contribution in [3.8, 4) is 11.5 Å². The van der Waals surface area contributed by atoms with E-state index in [0.717, 1.165) is 5.56 Å². The Kier molecular flexibility index (Phi) is 4.56. The lowest BCUT2D eigenvalue weighted by Gasteiger charge is -2.07. The molecule has 7 heteroatoms. The Morgan fingerprint density at radius 3 is 2.04 bits per heavy atom. The molecule has 0 unspecified atom stereocenters. The Bertz CT molecular complexity index is 899. The van der Waals surface area contributed by atoms with Gasteiger partial charge in [0.2, 0.25) is 5.91 Å². The zero-order valence-corrected chi connectivity index (χ0v) is 13.7. The molecule has 1 heterocycles. The summed E-state index contributed by atoms with van der Waals surface area (Å²) in [7, 11) is 0. The standard InChI is InChI=1S/C18H16N4O3/c1-11-19-18(25-22-11)14-5-3-13(4-6-14)17(24)21-16-9-7-15(8-10-16)20-12(2)23/h3-10H,1-2H3,(H,20,23)(H,21,24). The van der Waals surface area contributed by atoms with Gasteiger partial charge in [0.15, 0.2) is 5.82 Å². The van der Waals surface area contributed by atoms with Gasteiger partial charge < -0.3 is 15.2 Å². The number of amides is 2. The number of carbonyl (C=O) groups is 2. The van der Waals surface area contributed by atoms with Gasteiger partial charge in [-0.3, -0.25) is 9.59 Å². The molecule has 2 amide bonds. The number of nitrogens with zero attached hydrogens (tertiary/aromatic N) is 2. The Hall–Kier alpha value is -3.48. The van der Waals surface area contributed by atoms with Crippen LogP contribution in [0.15, 0.2) is 53.1 Å². The molecule has 0 bridgehead atoms. The fourth-order valence-corrected chi connectivity index (χ4v) is 2.22. The maximum Gasteiger partial charge on any atom is 0.257 e. The number of anilines is 2. The molecule has 1 aromatic heterocycles. The lowest BCUT2D eigenvalue weighted by atomic mass is 10.1. The van der Waals surface area contributed by atoms with Gasteiger partial charge in [-0.1, -0.05) is 5.16 Å². The summed E-state index contributed by atoms with van der Waals surface area (Å²) < 4.78 is 5.09. The first-order valence-corrected chi connectivity index (χ1v) is 7.61. The van der Waals surface area contributed by atoms with Crippen LogP contribution in [0.2, 0.25) is 0 Å². The van der Waals surface area contributed by atoms with E-state index >= 15 is 0 Å². The van der Waals surface area contributed by atoms with Crippen molar-refractivity contribution in [1.82, 2.24) is 10.1 Å². The SMILES string of the molecule is CC(=O)Nc1ccc(NC(=O)c2ccc(-c3nc(C)no3)cc2)cc1. The van der Waals surface area contributed by atoms with Crippen LogP contribution in [-0.4, -0.2) is 22.0 Å². The van der Waals surface area contributed by atoms with Gasteiger partial charge in [0.25, 0.3) is 11.8 Å². The predicted octanol–water partition coefficient (Wildman–Crippen LogP) is 3.26. The molecule has 0 aliphatic heterocycles. The molecule has 0 aliphatic rings. The van der Waals surface area contributed by atoms with E-state index in [1.807, 2.05) is 0 Å². The van der Waals surface area contributed by atoms with Gasteiger partial charge in [0, 0.05) is 29.4 Å². The zero-order valence-electron chi connectivity index (χ0n) is 13.7. The van der Waals surface area contributed by atoms with Crippen molar-refractivity contribution < 1.29 is 14.1 Å². The predicted molar refractivity (Wildman–Crippen MR) is 93.2 cm³/mol. The van der Waals surface area contributed by atoms with E-state index in [4.69, 9.17) is 4.52 Å². The fraction of sp³-hybridized carbons (Fsp3) is 0.111. The van der Waals surface area contributed by atoms with Gasteiger partial charge in [0.1, 0.15) is 0 Å². The Morgan fingerprint density at radius 2 is 1.52 bits per heavy atom. The summed E-state index contributed by atoms with van der Waals surface area (Å²) in [4.78, 5) is 27.4. The number of benzene rings is 2. The van der Waals surface area contributed by atoms with Crippen LogP contribution in [0.3, 0.4) is 0 Å². The first-order valence-electron chi connectivity index (χ1n) is 7.61. The molecule has 0 saturated heterocycles. The van der Waals surface area contributed by atoms with E-state index in [9.17, 15) is 9.59 Å². The zero-order chi connectivity index (χ0) is 17.8. The van der Waals surface area contributed by atoms with E-state index in [1.165, 1.54) is 6.92 Å². The molecule has 25 heavy (non-hydrogen) atoms. The molecule has 0 spiro atoms. The number of hydrogen-bond acceptors (Lipinski definition) is 5. The van der Waals surface area contributed by atoms with Crippen LogP contribution in [0.4, 0.5) is 11.4 Å². The van der Waals surface area contributed by atoms with E-state index in [-0.39, 0.29) is 11.8 Å². The second kappa shape index (κ2) is 6.96. The van der Waals surface area contributed by atoms with E-state index in [1.54, 1.807) is 55.5 Å². The number of nitrogens with one attached hydrogen (secondary N) is 2. The minimum atomic E-state index is -0.236. The number of aromatic nitrogens is 2. The summed E-state index contributed by atoms with van der Waals surface area (Å²) in [5.41, 5.74) is 2.56. The van der Waals surface area contributed by atoms with Crippen molar-refractivity contribution in [3.05, 3.63) is 59.9 Å². The fourth-order valence-electron chi connectivity index (χ4n) is 2.22. The number of hydrogen-bond donors (Lipinski definition) is 2. The molecular weight excluding hydrogens is 320 g/mol. The van der Waals surface area contributed by atoms with Crippen LogP contribution in [0, 0.1) is 6.92 Å². The quantitative estimate of drug-likeness (QED) is 0.762. The molecule has 0 aliphatic carbocycles. The van der Waals surface area contributed by atoms with Crippen LogP contribution in [0.25, 0.3) is 11.5 Å². The van der Waals surface area contributed by atoms with Crippen LogP contribution in [0.5, 0.6) is 0 Å². The van der Waals surface area contributed by atoms with Gasteiger partial charge in [-0.15, -0.1) is 0 Å². The molecular formula is C18H16N4O3. The molecule has 3 aromatic rings. The van der Waals surface area contributed by atoms with Gasteiger partial charge in [0.05, 0.1) is 0 Å². The van der Waals surface area contributed by atoms with Crippen molar-refractivity contribution in [1.29, 1.82) is 0 Å². The molecule has 126 valence electrons. The summed E-state index contributed by atoms with van der Waals surface area (Å²) in [6.45, 7) is 3.18. The third-order valence-corrected chi connectivity index (χ3v) is 3.38. The van der Waals surface area contributed by atoms with E-state index < -0.39 is 0 Å². The van der Waals surface area contributed by atoms with Crippen LogP contribution >= 0.6 is 0 Å². The molecule has 0 fully saturated rings. The highest BCUT2D eigenvalue weighted by Crippen LogP contribution is 2.19. The van der Waals surface area contributed by atoms with E-state index in [0.29, 0.717) is 28.7 Å². The Morgan fingerprint density at radius 1 is 0.920 bits per heavy atom. The van der Waals surface area contributed by atoms with E-state index in [2.05, 4.69) is 20.8 Å². The second-order valence-electron chi connectivity index (χ2n) is 5.44. The second-order valence-corrected chi connectivity index (χ2v) is 5.44. The maximum atomic E-state index is 12.3. The number of rotatable bonds is 4. The van der Waals surface area contributed by atoms with Crippen molar-refractivity contribution in [2.45, 2.75) is 13.8 Å². The maximum absolute atomic E-state index is 12.3. The van der Waals surface area contributed by atoms with Crippen molar-refractivity contribution in [2.24, 2.45) is 0 Å². The minimum Gasteiger partial charge on any atom is -0.334 e. The Labute approximate surface area is 144 Å². The summed E-state index contributed by atoms with van der Waals surface area (Å²) in [6, 6.07) is 13.8. The van der Waals surface area contributed by atoms with Gasteiger partial charge in [-0.25, -0.2) is 0 Å². The molecule has 0 radical (unpaired) electrons. The first-order chi connectivity index (χ1) is 12.0. The van der Waals surface area contributed by atoms with Crippen LogP contribution < -0.4 is 10.6 Å². The smallest absolute Gasteiger partial charge is 0.257 e. The van der Waals surface area contributed by atoms with Gasteiger partial charge in [-0.2, -0.15) is 4.98 Å². The van der Waals surface area contributed by atoms with Crippen molar-refractivity contribution in [2.75, 3.05) is 10.6 Å². The third-order valence-electron chi connectivity index (χ3n) is 3.38. The average molecular weight is 336 g/mol. The lowest BCUT2D eigenvalue weighted by molar-refractivity contribution is -0.114. The topological polar surface area (TPSA) is 97.1 Å². The van der Waals surface area contributed by atoms with Gasteiger partial charge >= 0.3 is 0 Å². The molecule has 7 nitrogen and oxygen atoms in total. The average Bonchev–Trinajstić information content (AvgIpc) is 3.03. The monoisotopic (exact) mass is 336 g/mol. The normalized spacial score (nSPS) is 10.3. The third kappa shape index (κ3) is 4.08. The molecule has 3 rings (SSSR count). The summed E-state index contributed by atoms with van der Waals surface area (Å²) in [5, 5.41) is 9.21. The molecule has 0 atom stereocenters. The highest BCUT2D eigenvalue weighted by molar-refractivity contribution is 6.04. The largest absolute Gasteiger partial charge is 0.334 e. The number of carbonyl (C=O) groups excluding carboxylic acids is 2. The minimum absolute atomic E-state index is 0.145. The van der Waals surface area contributed by atoms with Crippen LogP contribution in [0.1, 0.15) is 23.1 Å². The lowest BCUT2D eigenvalue weighted by Crippen LogP contribution is -2.12. The van der Waals surface area contributed by atoms with Crippen molar-refractivity contribution in [3.63, 3.8) is 0 Å². The Balaban J connectivity index is 1.67. The highest BCUT2D eigenvalue weighted by Gasteiger charge is 2.09. The van der Waals surface area contributed by atoms with Crippen molar-refractivity contribution >= 4 is 23.2 Å². The molecule has 0 saturated carbocycles. The molecule has 2 aromatic carbocycles.